The third-order valence-electron chi connectivity index (χ3n) is 2.80. The average Bonchev–Trinajstić information content (AvgIpc) is 2.28. The van der Waals surface area contributed by atoms with E-state index in [0.717, 1.165) is 18.4 Å². The number of hydrogen-bond donors (Lipinski definition) is 2. The highest BCUT2D eigenvalue weighted by atomic mass is 35.5. The van der Waals surface area contributed by atoms with Crippen LogP contribution in [-0.4, -0.2) is 12.1 Å². The molecule has 18 heavy (non-hydrogen) atoms. The molecule has 1 rings (SSSR count). The molecule has 2 N–H and O–H groups in total. The van der Waals surface area contributed by atoms with Crippen molar-refractivity contribution in [1.29, 1.82) is 0 Å². The third kappa shape index (κ3) is 4.96. The van der Waals surface area contributed by atoms with Gasteiger partial charge in [0.2, 0.25) is 0 Å². The van der Waals surface area contributed by atoms with Crippen molar-refractivity contribution >= 4 is 17.6 Å². The Morgan fingerprint density at radius 1 is 1.33 bits per heavy atom. The summed E-state index contributed by atoms with van der Waals surface area (Å²) in [6.07, 6.45) is 2.05. The van der Waals surface area contributed by atoms with Gasteiger partial charge in [0.05, 0.1) is 6.04 Å². The van der Waals surface area contributed by atoms with E-state index in [1.54, 1.807) is 0 Å². The molecule has 0 heterocycles. The predicted octanol–water partition coefficient (Wildman–Crippen LogP) is 3.89. The molecule has 2 atom stereocenters. The van der Waals surface area contributed by atoms with E-state index in [0.29, 0.717) is 5.02 Å². The number of benzene rings is 1. The van der Waals surface area contributed by atoms with Gasteiger partial charge in [0.1, 0.15) is 0 Å². The first-order valence-electron chi connectivity index (χ1n) is 6.35. The van der Waals surface area contributed by atoms with Crippen molar-refractivity contribution in [3.05, 3.63) is 34.9 Å². The van der Waals surface area contributed by atoms with E-state index in [1.165, 1.54) is 0 Å². The summed E-state index contributed by atoms with van der Waals surface area (Å²) in [6.45, 7) is 6.05. The lowest BCUT2D eigenvalue weighted by atomic mass is 10.1. The lowest BCUT2D eigenvalue weighted by Crippen LogP contribution is -2.41. The Bertz CT molecular complexity index is 395. The van der Waals surface area contributed by atoms with Crippen molar-refractivity contribution in [2.45, 2.75) is 45.7 Å². The van der Waals surface area contributed by atoms with Crippen LogP contribution in [0, 0.1) is 0 Å². The van der Waals surface area contributed by atoms with Crippen LogP contribution in [0.1, 0.15) is 45.2 Å². The maximum atomic E-state index is 11.7. The highest BCUT2D eigenvalue weighted by molar-refractivity contribution is 6.30. The van der Waals surface area contributed by atoms with Crippen molar-refractivity contribution in [2.24, 2.45) is 0 Å². The Labute approximate surface area is 114 Å². The second-order valence-corrected chi connectivity index (χ2v) is 5.02. The number of urea groups is 1. The minimum absolute atomic E-state index is 0.0578. The molecule has 1 aromatic carbocycles. The van der Waals surface area contributed by atoms with Gasteiger partial charge in [-0.3, -0.25) is 0 Å². The Kier molecular flexibility index (Phi) is 5.99. The fraction of sp³-hybridized carbons (Fsp3) is 0.500. The molecule has 0 spiro atoms. The molecule has 3 nitrogen and oxygen atoms in total. The molecular formula is C14H21ClN2O. The quantitative estimate of drug-likeness (QED) is 0.836. The highest BCUT2D eigenvalue weighted by Gasteiger charge is 2.11. The van der Waals surface area contributed by atoms with Gasteiger partial charge in [0, 0.05) is 11.1 Å². The minimum Gasteiger partial charge on any atom is -0.336 e. The van der Waals surface area contributed by atoms with Gasteiger partial charge in [-0.15, -0.1) is 0 Å². The lowest BCUT2D eigenvalue weighted by molar-refractivity contribution is 0.234. The Hall–Kier alpha value is -1.22. The van der Waals surface area contributed by atoms with Crippen LogP contribution in [0.25, 0.3) is 0 Å². The number of amides is 2. The summed E-state index contributed by atoms with van der Waals surface area (Å²) in [5.74, 6) is 0. The monoisotopic (exact) mass is 268 g/mol. The van der Waals surface area contributed by atoms with Crippen molar-refractivity contribution in [3.8, 4) is 0 Å². The molecule has 0 saturated heterocycles. The summed E-state index contributed by atoms with van der Waals surface area (Å²) in [5, 5.41) is 6.50. The van der Waals surface area contributed by atoms with Crippen LogP contribution in [0.4, 0.5) is 4.79 Å². The van der Waals surface area contributed by atoms with Crippen molar-refractivity contribution in [1.82, 2.24) is 10.6 Å². The summed E-state index contributed by atoms with van der Waals surface area (Å²) in [7, 11) is 0. The van der Waals surface area contributed by atoms with E-state index >= 15 is 0 Å². The standard InChI is InChI=1S/C14H21ClN2O/c1-4-6-10(2)16-14(18)17-11(3)12-7-5-8-13(15)9-12/h5,7-11H,4,6H2,1-3H3,(H2,16,17,18)/t10-,11+/m1/s1. The average molecular weight is 269 g/mol. The van der Waals surface area contributed by atoms with Crippen LogP contribution in [-0.2, 0) is 0 Å². The van der Waals surface area contributed by atoms with Gasteiger partial charge < -0.3 is 10.6 Å². The van der Waals surface area contributed by atoms with Crippen LogP contribution in [0.15, 0.2) is 24.3 Å². The van der Waals surface area contributed by atoms with Crippen LogP contribution in [0.5, 0.6) is 0 Å². The molecule has 4 heteroatoms. The van der Waals surface area contributed by atoms with Crippen molar-refractivity contribution in [3.63, 3.8) is 0 Å². The number of carbonyl (C=O) groups is 1. The van der Waals surface area contributed by atoms with E-state index in [-0.39, 0.29) is 18.1 Å². The van der Waals surface area contributed by atoms with E-state index in [1.807, 2.05) is 38.1 Å². The predicted molar refractivity (Wildman–Crippen MR) is 75.9 cm³/mol. The molecule has 0 aliphatic rings. The summed E-state index contributed by atoms with van der Waals surface area (Å²) >= 11 is 5.92. The first-order valence-corrected chi connectivity index (χ1v) is 6.73. The topological polar surface area (TPSA) is 41.1 Å². The smallest absolute Gasteiger partial charge is 0.315 e. The zero-order valence-electron chi connectivity index (χ0n) is 11.2. The lowest BCUT2D eigenvalue weighted by Gasteiger charge is -2.18. The van der Waals surface area contributed by atoms with Crippen molar-refractivity contribution < 1.29 is 4.79 Å². The highest BCUT2D eigenvalue weighted by Crippen LogP contribution is 2.17. The van der Waals surface area contributed by atoms with Gasteiger partial charge in [-0.1, -0.05) is 37.1 Å². The van der Waals surface area contributed by atoms with Crippen LogP contribution < -0.4 is 10.6 Å². The van der Waals surface area contributed by atoms with E-state index in [2.05, 4.69) is 17.6 Å². The van der Waals surface area contributed by atoms with Gasteiger partial charge in [-0.25, -0.2) is 4.79 Å². The minimum atomic E-state index is -0.136. The number of hydrogen-bond acceptors (Lipinski definition) is 1. The van der Waals surface area contributed by atoms with Gasteiger partial charge in [-0.2, -0.15) is 0 Å². The fourth-order valence-electron chi connectivity index (χ4n) is 1.83. The maximum Gasteiger partial charge on any atom is 0.315 e. The number of halogens is 1. The molecule has 0 bridgehead atoms. The summed E-state index contributed by atoms with van der Waals surface area (Å²) in [6, 6.07) is 7.52. The molecule has 100 valence electrons. The normalized spacial score (nSPS) is 13.8. The second kappa shape index (κ2) is 7.27. The van der Waals surface area contributed by atoms with Crippen LogP contribution in [0.3, 0.4) is 0 Å². The summed E-state index contributed by atoms with van der Waals surface area (Å²) < 4.78 is 0. The van der Waals surface area contributed by atoms with E-state index < -0.39 is 0 Å². The van der Waals surface area contributed by atoms with Gasteiger partial charge in [-0.05, 0) is 38.0 Å². The Morgan fingerprint density at radius 3 is 2.67 bits per heavy atom. The second-order valence-electron chi connectivity index (χ2n) is 4.58. The first kappa shape index (κ1) is 14.8. The molecule has 2 amide bonds. The van der Waals surface area contributed by atoms with Crippen LogP contribution >= 0.6 is 11.6 Å². The number of nitrogens with one attached hydrogen (secondary N) is 2. The van der Waals surface area contributed by atoms with E-state index in [9.17, 15) is 4.79 Å². The summed E-state index contributed by atoms with van der Waals surface area (Å²) in [5.41, 5.74) is 1.00. The molecule has 0 fully saturated rings. The third-order valence-corrected chi connectivity index (χ3v) is 3.03. The molecular weight excluding hydrogens is 248 g/mol. The first-order chi connectivity index (χ1) is 8.52. The maximum absolute atomic E-state index is 11.7. The number of rotatable bonds is 5. The van der Waals surface area contributed by atoms with Crippen molar-refractivity contribution in [2.75, 3.05) is 0 Å². The Morgan fingerprint density at radius 2 is 2.06 bits per heavy atom. The zero-order chi connectivity index (χ0) is 13.5. The van der Waals surface area contributed by atoms with Crippen LogP contribution in [0.2, 0.25) is 5.02 Å². The molecule has 1 aromatic rings. The largest absolute Gasteiger partial charge is 0.336 e. The van der Waals surface area contributed by atoms with Gasteiger partial charge >= 0.3 is 6.03 Å². The molecule has 0 saturated carbocycles. The van der Waals surface area contributed by atoms with E-state index in [4.69, 9.17) is 11.6 Å². The Balaban J connectivity index is 2.49. The molecule has 0 aliphatic carbocycles. The fourth-order valence-corrected chi connectivity index (χ4v) is 2.03. The molecule has 0 aliphatic heterocycles. The van der Waals surface area contributed by atoms with Gasteiger partial charge in [0.15, 0.2) is 0 Å². The SMILES string of the molecule is CCC[C@@H](C)NC(=O)N[C@@H](C)c1cccc(Cl)c1. The molecule has 0 radical (unpaired) electrons. The molecule has 0 aromatic heterocycles. The summed E-state index contributed by atoms with van der Waals surface area (Å²) in [4.78, 5) is 11.7. The zero-order valence-corrected chi connectivity index (χ0v) is 11.9. The molecule has 0 unspecified atom stereocenters. The number of carbonyl (C=O) groups excluding carboxylic acids is 1. The van der Waals surface area contributed by atoms with Gasteiger partial charge in [0.25, 0.3) is 0 Å².